The standard InChI is InChI=1S/C15H30N4O/c1-7-10-16-15(17-11-14(20)19(5)6)18-13(4)9-8-12(2)3/h7,12-13H,1,8-11H2,2-6H3,(H2,16,17,18). The summed E-state index contributed by atoms with van der Waals surface area (Å²) >= 11 is 0. The summed E-state index contributed by atoms with van der Waals surface area (Å²) in [6, 6.07) is 0.322. The van der Waals surface area contributed by atoms with Gasteiger partial charge in [0.15, 0.2) is 5.96 Å². The van der Waals surface area contributed by atoms with Gasteiger partial charge in [-0.05, 0) is 25.7 Å². The molecule has 0 heterocycles. The maximum absolute atomic E-state index is 11.6. The Balaban J connectivity index is 4.42. The van der Waals surface area contributed by atoms with Crippen molar-refractivity contribution >= 4 is 11.9 Å². The molecule has 20 heavy (non-hydrogen) atoms. The van der Waals surface area contributed by atoms with Gasteiger partial charge in [0.25, 0.3) is 0 Å². The molecule has 0 saturated heterocycles. The van der Waals surface area contributed by atoms with Gasteiger partial charge < -0.3 is 15.5 Å². The summed E-state index contributed by atoms with van der Waals surface area (Å²) in [6.45, 7) is 11.0. The molecule has 0 bridgehead atoms. The number of rotatable bonds is 8. The minimum Gasteiger partial charge on any atom is -0.354 e. The second-order valence-corrected chi connectivity index (χ2v) is 5.64. The van der Waals surface area contributed by atoms with E-state index < -0.39 is 0 Å². The molecule has 0 saturated carbocycles. The Bertz CT molecular complexity index is 324. The SMILES string of the molecule is C=CCNC(=NCC(=O)N(C)C)NC(C)CCC(C)C. The first-order chi connectivity index (χ1) is 9.36. The number of nitrogens with one attached hydrogen (secondary N) is 2. The maximum atomic E-state index is 11.6. The molecule has 1 atom stereocenters. The molecule has 0 aromatic heterocycles. The van der Waals surface area contributed by atoms with Gasteiger partial charge in [-0.25, -0.2) is 4.99 Å². The predicted octanol–water partition coefficient (Wildman–Crippen LogP) is 1.62. The largest absolute Gasteiger partial charge is 0.354 e. The van der Waals surface area contributed by atoms with Crippen LogP contribution in [0.1, 0.15) is 33.6 Å². The molecule has 1 unspecified atom stereocenters. The zero-order valence-electron chi connectivity index (χ0n) is 13.6. The van der Waals surface area contributed by atoms with Gasteiger partial charge in [0.1, 0.15) is 6.54 Å². The van der Waals surface area contributed by atoms with Crippen molar-refractivity contribution in [3.63, 3.8) is 0 Å². The molecule has 0 spiro atoms. The topological polar surface area (TPSA) is 56.7 Å². The summed E-state index contributed by atoms with van der Waals surface area (Å²) in [5.74, 6) is 1.34. The van der Waals surface area contributed by atoms with Crippen molar-refractivity contribution in [2.24, 2.45) is 10.9 Å². The molecule has 5 heteroatoms. The van der Waals surface area contributed by atoms with Crippen molar-refractivity contribution in [2.45, 2.75) is 39.7 Å². The molecule has 0 aromatic rings. The van der Waals surface area contributed by atoms with E-state index in [0.717, 1.165) is 6.42 Å². The van der Waals surface area contributed by atoms with E-state index in [0.29, 0.717) is 24.5 Å². The lowest BCUT2D eigenvalue weighted by molar-refractivity contribution is -0.127. The number of carbonyl (C=O) groups is 1. The Kier molecular flexibility index (Phi) is 9.51. The maximum Gasteiger partial charge on any atom is 0.243 e. The van der Waals surface area contributed by atoms with Gasteiger partial charge in [0, 0.05) is 26.7 Å². The molecule has 0 aliphatic heterocycles. The van der Waals surface area contributed by atoms with Crippen LogP contribution in [0.15, 0.2) is 17.6 Å². The molecule has 0 radical (unpaired) electrons. The van der Waals surface area contributed by atoms with Crippen molar-refractivity contribution in [3.8, 4) is 0 Å². The number of likely N-dealkylation sites (N-methyl/N-ethyl adjacent to an activating group) is 1. The van der Waals surface area contributed by atoms with Crippen LogP contribution in [0, 0.1) is 5.92 Å². The van der Waals surface area contributed by atoms with Crippen LogP contribution in [0.4, 0.5) is 0 Å². The van der Waals surface area contributed by atoms with E-state index >= 15 is 0 Å². The van der Waals surface area contributed by atoms with Crippen LogP contribution >= 0.6 is 0 Å². The number of aliphatic imine (C=N–C) groups is 1. The van der Waals surface area contributed by atoms with Gasteiger partial charge in [-0.2, -0.15) is 0 Å². The van der Waals surface area contributed by atoms with E-state index in [1.54, 1.807) is 20.2 Å². The van der Waals surface area contributed by atoms with Crippen molar-refractivity contribution < 1.29 is 4.79 Å². The molecule has 0 fully saturated rings. The third-order valence-electron chi connectivity index (χ3n) is 2.85. The molecular formula is C15H30N4O. The van der Waals surface area contributed by atoms with Crippen molar-refractivity contribution in [2.75, 3.05) is 27.2 Å². The number of guanidine groups is 1. The zero-order valence-corrected chi connectivity index (χ0v) is 13.6. The minimum atomic E-state index is -0.0143. The fourth-order valence-corrected chi connectivity index (χ4v) is 1.50. The summed E-state index contributed by atoms with van der Waals surface area (Å²) in [5.41, 5.74) is 0. The first kappa shape index (κ1) is 18.5. The summed E-state index contributed by atoms with van der Waals surface area (Å²) < 4.78 is 0. The second kappa shape index (κ2) is 10.3. The summed E-state index contributed by atoms with van der Waals surface area (Å²) in [7, 11) is 3.46. The monoisotopic (exact) mass is 282 g/mol. The lowest BCUT2D eigenvalue weighted by Crippen LogP contribution is -2.43. The Morgan fingerprint density at radius 3 is 2.45 bits per heavy atom. The van der Waals surface area contributed by atoms with Crippen LogP contribution in [0.2, 0.25) is 0 Å². The van der Waals surface area contributed by atoms with Gasteiger partial charge >= 0.3 is 0 Å². The highest BCUT2D eigenvalue weighted by molar-refractivity contribution is 5.84. The van der Waals surface area contributed by atoms with Crippen LogP contribution in [-0.2, 0) is 4.79 Å². The Morgan fingerprint density at radius 2 is 1.95 bits per heavy atom. The Morgan fingerprint density at radius 1 is 1.30 bits per heavy atom. The van der Waals surface area contributed by atoms with Crippen molar-refractivity contribution in [1.82, 2.24) is 15.5 Å². The van der Waals surface area contributed by atoms with E-state index in [-0.39, 0.29) is 12.5 Å². The number of carbonyl (C=O) groups excluding carboxylic acids is 1. The van der Waals surface area contributed by atoms with Crippen molar-refractivity contribution in [1.29, 1.82) is 0 Å². The number of nitrogens with zero attached hydrogens (tertiary/aromatic N) is 2. The molecule has 1 amide bonds. The summed E-state index contributed by atoms with van der Waals surface area (Å²) in [6.07, 6.45) is 4.01. The highest BCUT2D eigenvalue weighted by Gasteiger charge is 2.08. The lowest BCUT2D eigenvalue weighted by atomic mass is 10.0. The molecule has 5 nitrogen and oxygen atoms in total. The average molecular weight is 282 g/mol. The van der Waals surface area contributed by atoms with Gasteiger partial charge in [-0.15, -0.1) is 6.58 Å². The molecule has 0 aliphatic carbocycles. The molecular weight excluding hydrogens is 252 g/mol. The van der Waals surface area contributed by atoms with Crippen LogP contribution < -0.4 is 10.6 Å². The lowest BCUT2D eigenvalue weighted by Gasteiger charge is -2.19. The van der Waals surface area contributed by atoms with Crippen molar-refractivity contribution in [3.05, 3.63) is 12.7 Å². The van der Waals surface area contributed by atoms with Gasteiger partial charge in [-0.3, -0.25) is 4.79 Å². The smallest absolute Gasteiger partial charge is 0.243 e. The number of amides is 1. The van der Waals surface area contributed by atoms with E-state index in [9.17, 15) is 4.79 Å². The van der Waals surface area contributed by atoms with E-state index in [4.69, 9.17) is 0 Å². The summed E-state index contributed by atoms with van der Waals surface area (Å²) in [5, 5.41) is 6.45. The normalized spacial score (nSPS) is 13.0. The first-order valence-electron chi connectivity index (χ1n) is 7.22. The first-order valence-corrected chi connectivity index (χ1v) is 7.22. The number of hydrogen-bond acceptors (Lipinski definition) is 2. The highest BCUT2D eigenvalue weighted by Crippen LogP contribution is 2.06. The van der Waals surface area contributed by atoms with Gasteiger partial charge in [-0.1, -0.05) is 19.9 Å². The predicted molar refractivity (Wildman–Crippen MR) is 85.9 cm³/mol. The molecule has 2 N–H and O–H groups in total. The minimum absolute atomic E-state index is 0.0143. The Labute approximate surface area is 123 Å². The average Bonchev–Trinajstić information content (AvgIpc) is 2.38. The third kappa shape index (κ3) is 9.42. The van der Waals surface area contributed by atoms with E-state index in [2.05, 4.69) is 43.0 Å². The quantitative estimate of drug-likeness (QED) is 0.404. The van der Waals surface area contributed by atoms with Gasteiger partial charge in [0.05, 0.1) is 0 Å². The molecule has 0 aromatic carbocycles. The van der Waals surface area contributed by atoms with Crippen LogP contribution in [0.5, 0.6) is 0 Å². The van der Waals surface area contributed by atoms with Gasteiger partial charge in [0.2, 0.25) is 5.91 Å². The Hall–Kier alpha value is -1.52. The second-order valence-electron chi connectivity index (χ2n) is 5.64. The fraction of sp³-hybridized carbons (Fsp3) is 0.733. The molecule has 0 aliphatic rings. The zero-order chi connectivity index (χ0) is 15.5. The molecule has 0 rings (SSSR count). The van der Waals surface area contributed by atoms with E-state index in [1.807, 2.05) is 0 Å². The highest BCUT2D eigenvalue weighted by atomic mass is 16.2. The molecule has 116 valence electrons. The van der Waals surface area contributed by atoms with Crippen LogP contribution in [0.25, 0.3) is 0 Å². The fourth-order valence-electron chi connectivity index (χ4n) is 1.50. The number of hydrogen-bond donors (Lipinski definition) is 2. The third-order valence-corrected chi connectivity index (χ3v) is 2.85. The van der Waals surface area contributed by atoms with Crippen LogP contribution in [-0.4, -0.2) is 50.0 Å². The summed E-state index contributed by atoms with van der Waals surface area (Å²) in [4.78, 5) is 17.4. The van der Waals surface area contributed by atoms with E-state index in [1.165, 1.54) is 11.3 Å². The van der Waals surface area contributed by atoms with Crippen LogP contribution in [0.3, 0.4) is 0 Å².